The highest BCUT2D eigenvalue weighted by Gasteiger charge is 2.13. The molecule has 0 aliphatic rings. The number of halogens is 1. The van der Waals surface area contributed by atoms with Crippen molar-refractivity contribution in [3.8, 4) is 11.3 Å². The molecular formula is C16H16FN3. The molecule has 0 bridgehead atoms. The Balaban J connectivity index is 2.15. The summed E-state index contributed by atoms with van der Waals surface area (Å²) in [6, 6.07) is 12.4. The molecule has 0 unspecified atom stereocenters. The first-order valence-electron chi connectivity index (χ1n) is 6.71. The van der Waals surface area contributed by atoms with E-state index in [2.05, 4.69) is 9.38 Å². The highest BCUT2D eigenvalue weighted by molar-refractivity contribution is 5.66. The first-order valence-corrected chi connectivity index (χ1v) is 6.71. The number of aromatic nitrogens is 2. The van der Waals surface area contributed by atoms with Crippen molar-refractivity contribution in [3.63, 3.8) is 0 Å². The molecule has 0 saturated heterocycles. The van der Waals surface area contributed by atoms with Gasteiger partial charge in [-0.05, 0) is 55.8 Å². The lowest BCUT2D eigenvalue weighted by Crippen LogP contribution is -2.03. The third-order valence-corrected chi connectivity index (χ3v) is 3.36. The maximum absolute atomic E-state index is 13.1. The fourth-order valence-corrected chi connectivity index (χ4v) is 2.39. The van der Waals surface area contributed by atoms with Crippen LogP contribution in [0.3, 0.4) is 0 Å². The number of hydrogen-bond donors (Lipinski definition) is 1. The molecule has 2 heterocycles. The maximum atomic E-state index is 13.1. The van der Waals surface area contributed by atoms with E-state index in [0.717, 1.165) is 35.4 Å². The normalized spacial score (nSPS) is 11.1. The molecule has 0 aliphatic carbocycles. The van der Waals surface area contributed by atoms with E-state index < -0.39 is 0 Å². The molecule has 3 aromatic rings. The Kier molecular flexibility index (Phi) is 3.48. The Morgan fingerprint density at radius 3 is 2.65 bits per heavy atom. The topological polar surface area (TPSA) is 43.3 Å². The minimum Gasteiger partial charge on any atom is -0.330 e. The molecule has 0 aliphatic heterocycles. The molecule has 2 aromatic heterocycles. The minimum atomic E-state index is -0.235. The zero-order chi connectivity index (χ0) is 13.9. The summed E-state index contributed by atoms with van der Waals surface area (Å²) in [5.74, 6) is -0.235. The quantitative estimate of drug-likeness (QED) is 0.791. The molecule has 0 saturated carbocycles. The lowest BCUT2D eigenvalue weighted by atomic mass is 10.1. The molecule has 0 radical (unpaired) electrons. The van der Waals surface area contributed by atoms with Gasteiger partial charge in [0, 0.05) is 11.8 Å². The second-order valence-electron chi connectivity index (χ2n) is 4.74. The van der Waals surface area contributed by atoms with Crippen LogP contribution in [0.15, 0.2) is 48.7 Å². The van der Waals surface area contributed by atoms with Crippen molar-refractivity contribution in [1.82, 2.24) is 9.38 Å². The average Bonchev–Trinajstić information content (AvgIpc) is 2.84. The van der Waals surface area contributed by atoms with Gasteiger partial charge in [0.15, 0.2) is 0 Å². The summed E-state index contributed by atoms with van der Waals surface area (Å²) in [6.07, 6.45) is 3.76. The molecule has 2 N–H and O–H groups in total. The molecule has 0 atom stereocenters. The van der Waals surface area contributed by atoms with Gasteiger partial charge in [-0.2, -0.15) is 0 Å². The van der Waals surface area contributed by atoms with Crippen LogP contribution < -0.4 is 5.73 Å². The van der Waals surface area contributed by atoms with Gasteiger partial charge in [0.05, 0.1) is 11.4 Å². The smallest absolute Gasteiger partial charge is 0.137 e. The summed E-state index contributed by atoms with van der Waals surface area (Å²) < 4.78 is 15.1. The summed E-state index contributed by atoms with van der Waals surface area (Å²) in [7, 11) is 0. The van der Waals surface area contributed by atoms with E-state index in [1.807, 2.05) is 24.4 Å². The molecule has 0 amide bonds. The average molecular weight is 269 g/mol. The molecule has 3 nitrogen and oxygen atoms in total. The first kappa shape index (κ1) is 12.8. The third-order valence-electron chi connectivity index (χ3n) is 3.36. The van der Waals surface area contributed by atoms with E-state index >= 15 is 0 Å². The lowest BCUT2D eigenvalue weighted by Gasteiger charge is -2.04. The number of nitrogens with zero attached hydrogens (tertiary/aromatic N) is 2. The molecule has 1 aromatic carbocycles. The van der Waals surface area contributed by atoms with Crippen molar-refractivity contribution in [3.05, 3.63) is 60.2 Å². The van der Waals surface area contributed by atoms with Gasteiger partial charge in [-0.15, -0.1) is 0 Å². The highest BCUT2D eigenvalue weighted by atomic mass is 19.1. The second-order valence-corrected chi connectivity index (χ2v) is 4.74. The van der Waals surface area contributed by atoms with Gasteiger partial charge in [-0.3, -0.25) is 0 Å². The number of fused-ring (bicyclic) bond motifs is 1. The van der Waals surface area contributed by atoms with E-state index in [0.29, 0.717) is 6.54 Å². The number of nitrogens with two attached hydrogens (primary N) is 1. The Hall–Kier alpha value is -2.20. The zero-order valence-electron chi connectivity index (χ0n) is 11.1. The second kappa shape index (κ2) is 5.43. The summed E-state index contributed by atoms with van der Waals surface area (Å²) in [4.78, 5) is 4.67. The number of benzene rings is 1. The van der Waals surface area contributed by atoms with Crippen molar-refractivity contribution in [2.75, 3.05) is 6.54 Å². The van der Waals surface area contributed by atoms with Gasteiger partial charge >= 0.3 is 0 Å². The van der Waals surface area contributed by atoms with Crippen molar-refractivity contribution in [2.45, 2.75) is 12.8 Å². The number of pyridine rings is 1. The molecule has 4 heteroatoms. The molecule has 102 valence electrons. The molecule has 3 rings (SSSR count). The van der Waals surface area contributed by atoms with E-state index in [1.165, 1.54) is 12.1 Å². The number of rotatable bonds is 4. The molecule has 0 fully saturated rings. The zero-order valence-corrected chi connectivity index (χ0v) is 11.1. The van der Waals surface area contributed by atoms with Crippen LogP contribution >= 0.6 is 0 Å². The van der Waals surface area contributed by atoms with Gasteiger partial charge in [0.2, 0.25) is 0 Å². The minimum absolute atomic E-state index is 0.235. The molecular weight excluding hydrogens is 253 g/mol. The molecule has 20 heavy (non-hydrogen) atoms. The van der Waals surface area contributed by atoms with Crippen LogP contribution in [0.4, 0.5) is 4.39 Å². The number of hydrogen-bond acceptors (Lipinski definition) is 2. The fourth-order valence-electron chi connectivity index (χ4n) is 2.39. The highest BCUT2D eigenvalue weighted by Crippen LogP contribution is 2.25. The first-order chi connectivity index (χ1) is 9.79. The summed E-state index contributed by atoms with van der Waals surface area (Å²) >= 11 is 0. The Labute approximate surface area is 116 Å². The lowest BCUT2D eigenvalue weighted by molar-refractivity contribution is 0.628. The monoisotopic (exact) mass is 269 g/mol. The fraction of sp³-hybridized carbons (Fsp3) is 0.188. The summed E-state index contributed by atoms with van der Waals surface area (Å²) in [5, 5.41) is 0. The van der Waals surface area contributed by atoms with Crippen LogP contribution in [0.25, 0.3) is 16.9 Å². The Morgan fingerprint density at radius 2 is 1.90 bits per heavy atom. The van der Waals surface area contributed by atoms with Gasteiger partial charge in [-0.25, -0.2) is 9.37 Å². The van der Waals surface area contributed by atoms with Gasteiger partial charge < -0.3 is 10.1 Å². The Bertz CT molecular complexity index is 716. The van der Waals surface area contributed by atoms with Gasteiger partial charge in [0.25, 0.3) is 0 Å². The predicted octanol–water partition coefficient (Wildman–Crippen LogP) is 3.03. The van der Waals surface area contributed by atoms with E-state index in [1.54, 1.807) is 12.1 Å². The Morgan fingerprint density at radius 1 is 1.10 bits per heavy atom. The number of aryl methyl sites for hydroxylation is 1. The van der Waals surface area contributed by atoms with Crippen LogP contribution in [0, 0.1) is 5.82 Å². The van der Waals surface area contributed by atoms with E-state index in [4.69, 9.17) is 5.73 Å². The van der Waals surface area contributed by atoms with Crippen LogP contribution in [-0.2, 0) is 6.42 Å². The molecule has 0 spiro atoms. The van der Waals surface area contributed by atoms with Crippen molar-refractivity contribution in [2.24, 2.45) is 5.73 Å². The van der Waals surface area contributed by atoms with Gasteiger partial charge in [-0.1, -0.05) is 6.07 Å². The van der Waals surface area contributed by atoms with E-state index in [-0.39, 0.29) is 5.82 Å². The maximum Gasteiger partial charge on any atom is 0.137 e. The van der Waals surface area contributed by atoms with Crippen LogP contribution in [0.2, 0.25) is 0 Å². The SMILES string of the molecule is NCCCc1c(-c2ccc(F)cc2)nc2ccccn12. The number of imidazole rings is 1. The van der Waals surface area contributed by atoms with Crippen molar-refractivity contribution < 1.29 is 4.39 Å². The summed E-state index contributed by atoms with van der Waals surface area (Å²) in [6.45, 7) is 0.642. The predicted molar refractivity (Wildman–Crippen MR) is 78.0 cm³/mol. The van der Waals surface area contributed by atoms with Gasteiger partial charge in [0.1, 0.15) is 11.5 Å². The summed E-state index contributed by atoms with van der Waals surface area (Å²) in [5.41, 5.74) is 9.48. The van der Waals surface area contributed by atoms with Crippen LogP contribution in [0.1, 0.15) is 12.1 Å². The van der Waals surface area contributed by atoms with Crippen LogP contribution in [-0.4, -0.2) is 15.9 Å². The van der Waals surface area contributed by atoms with Crippen LogP contribution in [0.5, 0.6) is 0 Å². The third kappa shape index (κ3) is 2.30. The largest absolute Gasteiger partial charge is 0.330 e. The van der Waals surface area contributed by atoms with Crippen molar-refractivity contribution in [1.29, 1.82) is 0 Å². The van der Waals surface area contributed by atoms with Crippen molar-refractivity contribution >= 4 is 5.65 Å². The van der Waals surface area contributed by atoms with E-state index in [9.17, 15) is 4.39 Å². The standard InChI is InChI=1S/C16H16FN3/c17-13-8-6-12(7-9-13)16-14(4-3-10-18)20-11-2-1-5-15(20)19-16/h1-2,5-9,11H,3-4,10,18H2.